The number of hydrogen-bond donors (Lipinski definition) is 1. The van der Waals surface area contributed by atoms with E-state index in [1.807, 2.05) is 12.1 Å². The quantitative estimate of drug-likeness (QED) is 0.873. The molecule has 0 amide bonds. The minimum atomic E-state index is 0.00788. The molecule has 0 aromatic heterocycles. The van der Waals surface area contributed by atoms with Gasteiger partial charge < -0.3 is 19.9 Å². The lowest BCUT2D eigenvalue weighted by Gasteiger charge is -2.32. The van der Waals surface area contributed by atoms with E-state index in [-0.39, 0.29) is 6.04 Å². The molecular formula is C14H21NO3. The lowest BCUT2D eigenvalue weighted by Crippen LogP contribution is -2.27. The maximum Gasteiger partial charge on any atom is 0.164 e. The molecule has 1 aromatic rings. The second-order valence-corrected chi connectivity index (χ2v) is 4.67. The van der Waals surface area contributed by atoms with Crippen LogP contribution >= 0.6 is 0 Å². The summed E-state index contributed by atoms with van der Waals surface area (Å²) in [6.07, 6.45) is 3.66. The zero-order valence-electron chi connectivity index (χ0n) is 11.2. The summed E-state index contributed by atoms with van der Waals surface area (Å²) in [6, 6.07) is 3.78. The summed E-state index contributed by atoms with van der Waals surface area (Å²) < 4.78 is 16.0. The van der Waals surface area contributed by atoms with Crippen LogP contribution in [-0.2, 0) is 0 Å². The predicted molar refractivity (Wildman–Crippen MR) is 70.4 cm³/mol. The first-order chi connectivity index (χ1) is 8.71. The van der Waals surface area contributed by atoms with Gasteiger partial charge in [0.2, 0.25) is 0 Å². The Morgan fingerprint density at radius 2 is 1.56 bits per heavy atom. The molecule has 0 spiro atoms. The highest BCUT2D eigenvalue weighted by Crippen LogP contribution is 2.43. The number of hydrogen-bond acceptors (Lipinski definition) is 4. The van der Waals surface area contributed by atoms with E-state index in [1.165, 1.54) is 19.3 Å². The molecule has 1 atom stereocenters. The van der Waals surface area contributed by atoms with Gasteiger partial charge in [0.1, 0.15) is 5.75 Å². The van der Waals surface area contributed by atoms with Crippen molar-refractivity contribution in [2.45, 2.75) is 25.3 Å². The molecule has 1 aliphatic carbocycles. The molecule has 2 rings (SSSR count). The summed E-state index contributed by atoms with van der Waals surface area (Å²) in [6.45, 7) is 0. The van der Waals surface area contributed by atoms with Crippen molar-refractivity contribution in [2.24, 2.45) is 11.7 Å². The van der Waals surface area contributed by atoms with Crippen LogP contribution in [0.25, 0.3) is 0 Å². The van der Waals surface area contributed by atoms with E-state index >= 15 is 0 Å². The van der Waals surface area contributed by atoms with Gasteiger partial charge in [-0.2, -0.15) is 0 Å². The highest BCUT2D eigenvalue weighted by Gasteiger charge is 2.28. The molecular weight excluding hydrogens is 230 g/mol. The van der Waals surface area contributed by atoms with E-state index in [0.717, 1.165) is 11.3 Å². The maximum absolute atomic E-state index is 6.32. The van der Waals surface area contributed by atoms with Crippen LogP contribution in [-0.4, -0.2) is 21.3 Å². The highest BCUT2D eigenvalue weighted by molar-refractivity contribution is 5.52. The van der Waals surface area contributed by atoms with E-state index < -0.39 is 0 Å². The third-order valence-corrected chi connectivity index (χ3v) is 3.75. The molecule has 0 aliphatic heterocycles. The zero-order valence-corrected chi connectivity index (χ0v) is 11.2. The molecule has 1 fully saturated rings. The molecule has 0 unspecified atom stereocenters. The fraction of sp³-hybridized carbons (Fsp3) is 0.571. The Balaban J connectivity index is 2.37. The maximum atomic E-state index is 6.32. The van der Waals surface area contributed by atoms with Gasteiger partial charge in [0.15, 0.2) is 11.5 Å². The van der Waals surface area contributed by atoms with Gasteiger partial charge in [-0.1, -0.05) is 6.42 Å². The van der Waals surface area contributed by atoms with Gasteiger partial charge in [-0.15, -0.1) is 0 Å². The first-order valence-corrected chi connectivity index (χ1v) is 6.26. The Hall–Kier alpha value is -1.42. The fourth-order valence-electron chi connectivity index (χ4n) is 2.37. The third-order valence-electron chi connectivity index (χ3n) is 3.75. The lowest BCUT2D eigenvalue weighted by atomic mass is 9.77. The SMILES string of the molecule is COc1cc(OC)c([C@@H](N)C2CCC2)cc1OC. The van der Waals surface area contributed by atoms with Crippen molar-refractivity contribution in [3.05, 3.63) is 17.7 Å². The Morgan fingerprint density at radius 1 is 1.00 bits per heavy atom. The highest BCUT2D eigenvalue weighted by atomic mass is 16.5. The van der Waals surface area contributed by atoms with Crippen molar-refractivity contribution in [2.75, 3.05) is 21.3 Å². The van der Waals surface area contributed by atoms with Gasteiger partial charge in [0.05, 0.1) is 21.3 Å². The molecule has 1 saturated carbocycles. The van der Waals surface area contributed by atoms with Crippen molar-refractivity contribution >= 4 is 0 Å². The van der Waals surface area contributed by atoms with Gasteiger partial charge in [0.25, 0.3) is 0 Å². The fourth-order valence-corrected chi connectivity index (χ4v) is 2.37. The Labute approximate surface area is 108 Å². The molecule has 100 valence electrons. The largest absolute Gasteiger partial charge is 0.496 e. The van der Waals surface area contributed by atoms with Gasteiger partial charge >= 0.3 is 0 Å². The molecule has 2 N–H and O–H groups in total. The van der Waals surface area contributed by atoms with Crippen LogP contribution in [0.1, 0.15) is 30.9 Å². The van der Waals surface area contributed by atoms with Crippen LogP contribution in [0.15, 0.2) is 12.1 Å². The number of methoxy groups -OCH3 is 3. The number of benzene rings is 1. The molecule has 0 saturated heterocycles. The Morgan fingerprint density at radius 3 is 2.00 bits per heavy atom. The molecule has 4 nitrogen and oxygen atoms in total. The van der Waals surface area contributed by atoms with Crippen LogP contribution < -0.4 is 19.9 Å². The molecule has 1 aromatic carbocycles. The normalized spacial score (nSPS) is 16.9. The minimum Gasteiger partial charge on any atom is -0.496 e. The Bertz CT molecular complexity index is 416. The van der Waals surface area contributed by atoms with Crippen LogP contribution in [0.5, 0.6) is 17.2 Å². The van der Waals surface area contributed by atoms with E-state index in [0.29, 0.717) is 17.4 Å². The molecule has 18 heavy (non-hydrogen) atoms. The van der Waals surface area contributed by atoms with E-state index in [4.69, 9.17) is 19.9 Å². The summed E-state index contributed by atoms with van der Waals surface area (Å²) in [5.74, 6) is 2.69. The average Bonchev–Trinajstić information content (AvgIpc) is 2.34. The predicted octanol–water partition coefficient (Wildman–Crippen LogP) is 2.51. The van der Waals surface area contributed by atoms with E-state index in [9.17, 15) is 0 Å². The monoisotopic (exact) mass is 251 g/mol. The molecule has 0 heterocycles. The zero-order chi connectivity index (χ0) is 13.1. The number of ether oxygens (including phenoxy) is 3. The summed E-state index contributed by atoms with van der Waals surface area (Å²) in [5, 5.41) is 0. The average molecular weight is 251 g/mol. The Kier molecular flexibility index (Phi) is 3.97. The first kappa shape index (κ1) is 13.0. The van der Waals surface area contributed by atoms with Crippen LogP contribution in [0.2, 0.25) is 0 Å². The third kappa shape index (κ3) is 2.25. The van der Waals surface area contributed by atoms with Crippen molar-refractivity contribution in [1.82, 2.24) is 0 Å². The van der Waals surface area contributed by atoms with Gasteiger partial charge in [-0.25, -0.2) is 0 Å². The lowest BCUT2D eigenvalue weighted by molar-refractivity contribution is 0.258. The van der Waals surface area contributed by atoms with Crippen LogP contribution in [0, 0.1) is 5.92 Å². The van der Waals surface area contributed by atoms with Gasteiger partial charge in [-0.05, 0) is 24.8 Å². The van der Waals surface area contributed by atoms with Crippen molar-refractivity contribution in [3.63, 3.8) is 0 Å². The van der Waals surface area contributed by atoms with Gasteiger partial charge in [0, 0.05) is 17.7 Å². The van der Waals surface area contributed by atoms with Crippen molar-refractivity contribution < 1.29 is 14.2 Å². The van der Waals surface area contributed by atoms with Gasteiger partial charge in [-0.3, -0.25) is 0 Å². The smallest absolute Gasteiger partial charge is 0.164 e. The van der Waals surface area contributed by atoms with Crippen molar-refractivity contribution in [1.29, 1.82) is 0 Å². The topological polar surface area (TPSA) is 53.7 Å². The van der Waals surface area contributed by atoms with E-state index in [2.05, 4.69) is 0 Å². The standard InChI is InChI=1S/C14H21NO3/c1-16-11-8-13(18-3)12(17-2)7-10(11)14(15)9-5-4-6-9/h7-9,14H,4-6,15H2,1-3H3/t14-/m0/s1. The van der Waals surface area contributed by atoms with Crippen LogP contribution in [0.4, 0.5) is 0 Å². The summed E-state index contributed by atoms with van der Waals surface area (Å²) in [4.78, 5) is 0. The van der Waals surface area contributed by atoms with Crippen molar-refractivity contribution in [3.8, 4) is 17.2 Å². The molecule has 0 bridgehead atoms. The minimum absolute atomic E-state index is 0.00788. The summed E-state index contributed by atoms with van der Waals surface area (Å²) >= 11 is 0. The summed E-state index contributed by atoms with van der Waals surface area (Å²) in [7, 11) is 4.89. The molecule has 4 heteroatoms. The molecule has 0 radical (unpaired) electrons. The summed E-state index contributed by atoms with van der Waals surface area (Å²) in [5.41, 5.74) is 7.32. The second kappa shape index (κ2) is 5.48. The molecule has 1 aliphatic rings. The van der Waals surface area contributed by atoms with Crippen LogP contribution in [0.3, 0.4) is 0 Å². The second-order valence-electron chi connectivity index (χ2n) is 4.67. The first-order valence-electron chi connectivity index (χ1n) is 6.26. The van der Waals surface area contributed by atoms with E-state index in [1.54, 1.807) is 21.3 Å². The number of nitrogens with two attached hydrogens (primary N) is 1. The number of rotatable bonds is 5.